The largest absolute Gasteiger partial charge is 0.508 e. The molecule has 236 valence electrons. The third kappa shape index (κ3) is 9.87. The van der Waals surface area contributed by atoms with Gasteiger partial charge in [0.15, 0.2) is 0 Å². The van der Waals surface area contributed by atoms with Gasteiger partial charge < -0.3 is 19.5 Å². The van der Waals surface area contributed by atoms with Gasteiger partial charge in [-0.05, 0) is 114 Å². The molecule has 3 amide bonds. The molecule has 0 unspecified atom stereocenters. The molecule has 1 heterocycles. The van der Waals surface area contributed by atoms with Crippen molar-refractivity contribution in [1.82, 2.24) is 9.80 Å². The first-order valence-electron chi connectivity index (χ1n) is 15.2. The number of amides is 3. The standard InChI is InChI=1S/C37H42N2O6/c1-36(2,3)44-34(42)39(35(43)45-37(4,5)6)25-28-10-8-11-30(24-28)29-19-21-38(22-20-29)33(41)31-12-7-9-27(23-31)14-13-26-15-17-32(40)18-16-26/h7-12,15-18,23-24,29,40H,19-22,25H2,1-6H3. The Morgan fingerprint density at radius 3 is 1.98 bits per heavy atom. The maximum absolute atomic E-state index is 13.4. The average molecular weight is 611 g/mol. The van der Waals surface area contributed by atoms with Gasteiger partial charge in [-0.2, -0.15) is 0 Å². The van der Waals surface area contributed by atoms with Crippen molar-refractivity contribution >= 4 is 18.1 Å². The van der Waals surface area contributed by atoms with Crippen LogP contribution in [0.25, 0.3) is 0 Å². The molecule has 1 aliphatic rings. The van der Waals surface area contributed by atoms with Gasteiger partial charge >= 0.3 is 12.2 Å². The van der Waals surface area contributed by atoms with Gasteiger partial charge in [0.1, 0.15) is 17.0 Å². The zero-order valence-corrected chi connectivity index (χ0v) is 26.9. The van der Waals surface area contributed by atoms with Crippen LogP contribution in [0.2, 0.25) is 0 Å². The lowest BCUT2D eigenvalue weighted by Gasteiger charge is -2.32. The number of phenols is 1. The van der Waals surface area contributed by atoms with Crippen molar-refractivity contribution in [3.05, 3.63) is 101 Å². The number of piperidine rings is 1. The van der Waals surface area contributed by atoms with Crippen molar-refractivity contribution < 1.29 is 29.0 Å². The molecule has 0 radical (unpaired) electrons. The van der Waals surface area contributed by atoms with Gasteiger partial charge in [-0.3, -0.25) is 4.79 Å². The Morgan fingerprint density at radius 1 is 0.800 bits per heavy atom. The molecule has 3 aromatic rings. The maximum Gasteiger partial charge on any atom is 0.420 e. The summed E-state index contributed by atoms with van der Waals surface area (Å²) in [4.78, 5) is 42.2. The van der Waals surface area contributed by atoms with Crippen LogP contribution < -0.4 is 0 Å². The number of benzene rings is 3. The summed E-state index contributed by atoms with van der Waals surface area (Å²) in [6.45, 7) is 11.7. The maximum atomic E-state index is 13.4. The van der Waals surface area contributed by atoms with Crippen LogP contribution >= 0.6 is 0 Å². The van der Waals surface area contributed by atoms with E-state index in [9.17, 15) is 19.5 Å². The number of hydrogen-bond acceptors (Lipinski definition) is 6. The molecular formula is C37H42N2O6. The van der Waals surface area contributed by atoms with Crippen LogP contribution in [0.4, 0.5) is 9.59 Å². The second-order valence-corrected chi connectivity index (χ2v) is 13.2. The van der Waals surface area contributed by atoms with E-state index >= 15 is 0 Å². The fraction of sp³-hybridized carbons (Fsp3) is 0.378. The van der Waals surface area contributed by atoms with Crippen molar-refractivity contribution in [2.24, 2.45) is 0 Å². The first-order chi connectivity index (χ1) is 21.2. The van der Waals surface area contributed by atoms with E-state index in [1.165, 1.54) is 0 Å². The summed E-state index contributed by atoms with van der Waals surface area (Å²) >= 11 is 0. The highest BCUT2D eigenvalue weighted by molar-refractivity contribution is 5.94. The molecule has 8 heteroatoms. The van der Waals surface area contributed by atoms with Crippen LogP contribution in [0, 0.1) is 11.8 Å². The van der Waals surface area contributed by atoms with E-state index in [0.717, 1.165) is 40.0 Å². The van der Waals surface area contributed by atoms with Crippen molar-refractivity contribution in [3.8, 4) is 17.6 Å². The zero-order chi connectivity index (χ0) is 32.8. The molecular weight excluding hydrogens is 568 g/mol. The van der Waals surface area contributed by atoms with E-state index in [1.54, 1.807) is 65.8 Å². The van der Waals surface area contributed by atoms with Crippen LogP contribution in [0.15, 0.2) is 72.8 Å². The normalized spacial score (nSPS) is 13.8. The van der Waals surface area contributed by atoms with E-state index in [1.807, 2.05) is 53.4 Å². The number of nitrogens with zero attached hydrogens (tertiary/aromatic N) is 2. The number of likely N-dealkylation sites (tertiary alicyclic amines) is 1. The van der Waals surface area contributed by atoms with Crippen molar-refractivity contribution in [2.75, 3.05) is 13.1 Å². The summed E-state index contributed by atoms with van der Waals surface area (Å²) < 4.78 is 11.0. The van der Waals surface area contributed by atoms with Crippen molar-refractivity contribution in [3.63, 3.8) is 0 Å². The summed E-state index contributed by atoms with van der Waals surface area (Å²) in [6, 6.07) is 21.9. The number of hydrogen-bond donors (Lipinski definition) is 1. The molecule has 8 nitrogen and oxygen atoms in total. The average Bonchev–Trinajstić information content (AvgIpc) is 2.98. The zero-order valence-electron chi connectivity index (χ0n) is 26.9. The number of imide groups is 1. The molecule has 0 bridgehead atoms. The molecule has 1 fully saturated rings. The highest BCUT2D eigenvalue weighted by atomic mass is 16.6. The number of carbonyl (C=O) groups is 3. The lowest BCUT2D eigenvalue weighted by Crippen LogP contribution is -2.43. The lowest BCUT2D eigenvalue weighted by molar-refractivity contribution is -0.000277. The molecule has 0 aromatic heterocycles. The second kappa shape index (κ2) is 13.9. The molecule has 0 spiro atoms. The van der Waals surface area contributed by atoms with Gasteiger partial charge in [0.25, 0.3) is 5.91 Å². The summed E-state index contributed by atoms with van der Waals surface area (Å²) in [5, 5.41) is 9.46. The number of phenolic OH excluding ortho intramolecular Hbond substituents is 1. The Kier molecular flexibility index (Phi) is 10.2. The summed E-state index contributed by atoms with van der Waals surface area (Å²) in [6.07, 6.45) is 0.0585. The van der Waals surface area contributed by atoms with Crippen LogP contribution in [0.1, 0.15) is 92.9 Å². The third-order valence-electron chi connectivity index (χ3n) is 7.10. The van der Waals surface area contributed by atoms with Crippen molar-refractivity contribution in [1.29, 1.82) is 0 Å². The Hall–Kier alpha value is -4.77. The van der Waals surface area contributed by atoms with E-state index in [2.05, 4.69) is 11.8 Å². The predicted octanol–water partition coefficient (Wildman–Crippen LogP) is 7.48. The topological polar surface area (TPSA) is 96.4 Å². The van der Waals surface area contributed by atoms with Gasteiger partial charge in [0, 0.05) is 29.8 Å². The quantitative estimate of drug-likeness (QED) is 0.308. The molecule has 4 rings (SSSR count). The second-order valence-electron chi connectivity index (χ2n) is 13.2. The minimum absolute atomic E-state index is 0.0149. The van der Waals surface area contributed by atoms with Gasteiger partial charge in [0.05, 0.1) is 6.54 Å². The van der Waals surface area contributed by atoms with E-state index in [0.29, 0.717) is 18.7 Å². The minimum Gasteiger partial charge on any atom is -0.508 e. The highest BCUT2D eigenvalue weighted by Crippen LogP contribution is 2.30. The van der Waals surface area contributed by atoms with Gasteiger partial charge in [-0.25, -0.2) is 14.5 Å². The number of ether oxygens (including phenoxy) is 2. The fourth-order valence-electron chi connectivity index (χ4n) is 4.98. The summed E-state index contributed by atoms with van der Waals surface area (Å²) in [5.41, 5.74) is 2.45. The van der Waals surface area contributed by atoms with E-state index in [4.69, 9.17) is 9.47 Å². The lowest BCUT2D eigenvalue weighted by atomic mass is 9.88. The first-order valence-corrected chi connectivity index (χ1v) is 15.2. The monoisotopic (exact) mass is 610 g/mol. The van der Waals surface area contributed by atoms with Crippen molar-refractivity contribution in [2.45, 2.75) is 78.0 Å². The fourth-order valence-corrected chi connectivity index (χ4v) is 4.98. The number of aromatic hydroxyl groups is 1. The van der Waals surface area contributed by atoms with Crippen LogP contribution in [0.5, 0.6) is 5.75 Å². The van der Waals surface area contributed by atoms with Gasteiger partial charge in [-0.1, -0.05) is 42.2 Å². The molecule has 0 atom stereocenters. The Labute approximate surface area is 265 Å². The Bertz CT molecular complexity index is 1550. The highest BCUT2D eigenvalue weighted by Gasteiger charge is 2.32. The Balaban J connectivity index is 1.41. The Morgan fingerprint density at radius 2 is 1.38 bits per heavy atom. The molecule has 45 heavy (non-hydrogen) atoms. The first kappa shape index (κ1) is 33.1. The summed E-state index contributed by atoms with van der Waals surface area (Å²) in [5.74, 6) is 6.55. The smallest absolute Gasteiger partial charge is 0.420 e. The summed E-state index contributed by atoms with van der Waals surface area (Å²) in [7, 11) is 0. The van der Waals surface area contributed by atoms with Crippen LogP contribution in [0.3, 0.4) is 0 Å². The predicted molar refractivity (Wildman–Crippen MR) is 173 cm³/mol. The minimum atomic E-state index is -0.771. The molecule has 3 aromatic carbocycles. The third-order valence-corrected chi connectivity index (χ3v) is 7.10. The van der Waals surface area contributed by atoms with Crippen LogP contribution in [-0.2, 0) is 16.0 Å². The molecule has 1 N–H and O–H groups in total. The number of carbonyl (C=O) groups excluding carboxylic acids is 3. The van der Waals surface area contributed by atoms with E-state index in [-0.39, 0.29) is 24.1 Å². The van der Waals surface area contributed by atoms with Gasteiger partial charge in [0.2, 0.25) is 0 Å². The van der Waals surface area contributed by atoms with E-state index < -0.39 is 23.4 Å². The molecule has 0 saturated carbocycles. The molecule has 1 aliphatic heterocycles. The SMILES string of the molecule is CC(C)(C)OC(=O)N(Cc1cccc(C2CCN(C(=O)c3cccc(C#Cc4ccc(O)cc4)c3)CC2)c1)C(=O)OC(C)(C)C. The molecule has 0 aliphatic carbocycles. The van der Waals surface area contributed by atoms with Crippen LogP contribution in [-0.4, -0.2) is 57.3 Å². The van der Waals surface area contributed by atoms with Gasteiger partial charge in [-0.15, -0.1) is 0 Å². The number of rotatable bonds is 4. The molecule has 1 saturated heterocycles.